The molecule has 2 aromatic carbocycles. The van der Waals surface area contributed by atoms with E-state index in [0.29, 0.717) is 33.6 Å². The SMILES string of the molecule is CCOc1c(C(=O)OC)sc2ccc(NC(=O)Nc3ccc(C)c(Cl)c3)cc12. The fourth-order valence-corrected chi connectivity index (χ4v) is 3.86. The van der Waals surface area contributed by atoms with E-state index >= 15 is 0 Å². The standard InChI is InChI=1S/C20H19ClN2O4S/c1-4-27-17-14-9-12(7-8-16(14)28-18(17)19(24)26-3)22-20(25)23-13-6-5-11(2)15(21)10-13/h5-10H,4H2,1-3H3,(H2,22,23,25). The van der Waals surface area contributed by atoms with Crippen LogP contribution >= 0.6 is 22.9 Å². The van der Waals surface area contributed by atoms with Crippen molar-refractivity contribution in [3.05, 3.63) is 51.9 Å². The van der Waals surface area contributed by atoms with Crippen LogP contribution < -0.4 is 15.4 Å². The topological polar surface area (TPSA) is 76.7 Å². The van der Waals surface area contributed by atoms with Crippen LogP contribution in [-0.4, -0.2) is 25.7 Å². The number of nitrogens with one attached hydrogen (secondary N) is 2. The Bertz CT molecular complexity index is 1050. The zero-order valence-corrected chi connectivity index (χ0v) is 17.2. The molecule has 0 bridgehead atoms. The first-order valence-electron chi connectivity index (χ1n) is 8.54. The summed E-state index contributed by atoms with van der Waals surface area (Å²) in [5, 5.41) is 6.84. The second-order valence-electron chi connectivity index (χ2n) is 5.94. The lowest BCUT2D eigenvalue weighted by Gasteiger charge is -2.09. The molecule has 0 saturated carbocycles. The van der Waals surface area contributed by atoms with Gasteiger partial charge in [0.05, 0.1) is 13.7 Å². The van der Waals surface area contributed by atoms with Crippen molar-refractivity contribution in [2.75, 3.05) is 24.4 Å². The molecule has 0 spiro atoms. The lowest BCUT2D eigenvalue weighted by atomic mass is 10.2. The summed E-state index contributed by atoms with van der Waals surface area (Å²) in [4.78, 5) is 24.7. The number of esters is 1. The molecule has 0 fully saturated rings. The van der Waals surface area contributed by atoms with Crippen molar-refractivity contribution in [2.45, 2.75) is 13.8 Å². The van der Waals surface area contributed by atoms with Crippen LogP contribution in [0.15, 0.2) is 36.4 Å². The van der Waals surface area contributed by atoms with Crippen LogP contribution in [0.4, 0.5) is 16.2 Å². The van der Waals surface area contributed by atoms with Crippen molar-refractivity contribution in [2.24, 2.45) is 0 Å². The molecule has 0 unspecified atom stereocenters. The van der Waals surface area contributed by atoms with E-state index in [1.807, 2.05) is 26.0 Å². The molecular formula is C20H19ClN2O4S. The van der Waals surface area contributed by atoms with E-state index in [1.165, 1.54) is 18.4 Å². The summed E-state index contributed by atoms with van der Waals surface area (Å²) in [6.45, 7) is 4.13. The predicted octanol–water partition coefficient (Wildman–Crippen LogP) is 5.69. The largest absolute Gasteiger partial charge is 0.491 e. The average Bonchev–Trinajstić information content (AvgIpc) is 3.02. The summed E-state index contributed by atoms with van der Waals surface area (Å²) in [6, 6.07) is 10.3. The second-order valence-corrected chi connectivity index (χ2v) is 7.40. The molecular weight excluding hydrogens is 400 g/mol. The van der Waals surface area contributed by atoms with Gasteiger partial charge in [-0.05, 0) is 49.7 Å². The minimum absolute atomic E-state index is 0.398. The Labute approximate surface area is 171 Å². The maximum Gasteiger partial charge on any atom is 0.351 e. The van der Waals surface area contributed by atoms with Gasteiger partial charge in [0, 0.05) is 26.5 Å². The zero-order chi connectivity index (χ0) is 20.3. The Hall–Kier alpha value is -2.77. The molecule has 6 nitrogen and oxygen atoms in total. The highest BCUT2D eigenvalue weighted by Gasteiger charge is 2.21. The smallest absolute Gasteiger partial charge is 0.351 e. The van der Waals surface area contributed by atoms with Crippen LogP contribution in [-0.2, 0) is 4.74 Å². The minimum Gasteiger partial charge on any atom is -0.491 e. The van der Waals surface area contributed by atoms with Gasteiger partial charge in [-0.2, -0.15) is 0 Å². The van der Waals surface area contributed by atoms with Crippen molar-refractivity contribution in [1.82, 2.24) is 0 Å². The number of amides is 2. The van der Waals surface area contributed by atoms with Crippen LogP contribution in [0.25, 0.3) is 10.1 Å². The molecule has 146 valence electrons. The van der Waals surface area contributed by atoms with Crippen LogP contribution in [0.5, 0.6) is 5.75 Å². The van der Waals surface area contributed by atoms with Crippen LogP contribution in [0.2, 0.25) is 5.02 Å². The van der Waals surface area contributed by atoms with Crippen molar-refractivity contribution >= 4 is 56.4 Å². The predicted molar refractivity (Wildman–Crippen MR) is 113 cm³/mol. The van der Waals surface area contributed by atoms with Gasteiger partial charge in [-0.1, -0.05) is 17.7 Å². The van der Waals surface area contributed by atoms with Gasteiger partial charge in [0.1, 0.15) is 0 Å². The molecule has 2 N–H and O–H groups in total. The number of benzene rings is 2. The van der Waals surface area contributed by atoms with E-state index in [2.05, 4.69) is 10.6 Å². The number of fused-ring (bicyclic) bond motifs is 1. The highest BCUT2D eigenvalue weighted by molar-refractivity contribution is 7.21. The number of hydrogen-bond acceptors (Lipinski definition) is 5. The van der Waals surface area contributed by atoms with E-state index in [-0.39, 0.29) is 0 Å². The van der Waals surface area contributed by atoms with E-state index in [4.69, 9.17) is 21.1 Å². The summed E-state index contributed by atoms with van der Waals surface area (Å²) in [5.41, 5.74) is 2.09. The van der Waals surface area contributed by atoms with E-state index in [0.717, 1.165) is 15.6 Å². The number of methoxy groups -OCH3 is 1. The van der Waals surface area contributed by atoms with E-state index in [1.54, 1.807) is 24.3 Å². The van der Waals surface area contributed by atoms with Gasteiger partial charge < -0.3 is 20.1 Å². The molecule has 1 aromatic heterocycles. The molecule has 0 saturated heterocycles. The lowest BCUT2D eigenvalue weighted by Crippen LogP contribution is -2.19. The van der Waals surface area contributed by atoms with Crippen molar-refractivity contribution in [1.29, 1.82) is 0 Å². The van der Waals surface area contributed by atoms with Crippen LogP contribution in [0, 0.1) is 6.92 Å². The highest BCUT2D eigenvalue weighted by atomic mass is 35.5. The van der Waals surface area contributed by atoms with Crippen LogP contribution in [0.3, 0.4) is 0 Å². The maximum atomic E-state index is 12.3. The number of thiophene rings is 1. The Balaban J connectivity index is 1.84. The molecule has 0 radical (unpaired) electrons. The summed E-state index contributed by atoms with van der Waals surface area (Å²) in [7, 11) is 1.33. The summed E-state index contributed by atoms with van der Waals surface area (Å²) in [5.74, 6) is 0.0110. The fourth-order valence-electron chi connectivity index (χ4n) is 2.63. The molecule has 28 heavy (non-hydrogen) atoms. The van der Waals surface area contributed by atoms with Gasteiger partial charge in [-0.3, -0.25) is 0 Å². The third-order valence-corrected chi connectivity index (χ3v) is 5.53. The fraction of sp³-hybridized carbons (Fsp3) is 0.200. The Morgan fingerprint density at radius 2 is 1.79 bits per heavy atom. The Kier molecular flexibility index (Phi) is 6.06. The van der Waals surface area contributed by atoms with Gasteiger partial charge >= 0.3 is 12.0 Å². The van der Waals surface area contributed by atoms with Crippen molar-refractivity contribution in [3.63, 3.8) is 0 Å². The Morgan fingerprint density at radius 1 is 1.11 bits per heavy atom. The van der Waals surface area contributed by atoms with Crippen LogP contribution in [0.1, 0.15) is 22.2 Å². The molecule has 0 aliphatic rings. The van der Waals surface area contributed by atoms with Gasteiger partial charge in [0.2, 0.25) is 0 Å². The summed E-state index contributed by atoms with van der Waals surface area (Å²) < 4.78 is 11.4. The number of halogens is 1. The third kappa shape index (κ3) is 4.21. The molecule has 0 aliphatic heterocycles. The molecule has 0 aliphatic carbocycles. The van der Waals surface area contributed by atoms with E-state index in [9.17, 15) is 9.59 Å². The Morgan fingerprint density at radius 3 is 2.43 bits per heavy atom. The second kappa shape index (κ2) is 8.50. The first-order valence-corrected chi connectivity index (χ1v) is 9.74. The highest BCUT2D eigenvalue weighted by Crippen LogP contribution is 2.39. The molecule has 1 heterocycles. The molecule has 8 heteroatoms. The number of aryl methyl sites for hydroxylation is 1. The average molecular weight is 419 g/mol. The molecule has 3 rings (SSSR count). The van der Waals surface area contributed by atoms with Gasteiger partial charge in [0.15, 0.2) is 10.6 Å². The normalized spacial score (nSPS) is 10.6. The van der Waals surface area contributed by atoms with Gasteiger partial charge in [-0.25, -0.2) is 9.59 Å². The molecule has 0 atom stereocenters. The van der Waals surface area contributed by atoms with Crippen molar-refractivity contribution in [3.8, 4) is 5.75 Å². The first kappa shape index (κ1) is 20.0. The minimum atomic E-state index is -0.451. The van der Waals surface area contributed by atoms with Crippen molar-refractivity contribution < 1.29 is 19.1 Å². The quantitative estimate of drug-likeness (QED) is 0.521. The zero-order valence-electron chi connectivity index (χ0n) is 15.6. The number of rotatable bonds is 5. The summed E-state index contributed by atoms with van der Waals surface area (Å²) in [6.07, 6.45) is 0. The maximum absolute atomic E-state index is 12.3. The lowest BCUT2D eigenvalue weighted by molar-refractivity contribution is 0.0602. The van der Waals surface area contributed by atoms with Gasteiger partial charge in [-0.15, -0.1) is 11.3 Å². The molecule has 2 amide bonds. The third-order valence-electron chi connectivity index (χ3n) is 3.99. The number of hydrogen-bond donors (Lipinski definition) is 2. The number of carbonyl (C=O) groups excluding carboxylic acids is 2. The molecule has 3 aromatic rings. The van der Waals surface area contributed by atoms with E-state index < -0.39 is 12.0 Å². The number of anilines is 2. The van der Waals surface area contributed by atoms with Gasteiger partial charge in [0.25, 0.3) is 0 Å². The summed E-state index contributed by atoms with van der Waals surface area (Å²) >= 11 is 7.37. The first-order chi connectivity index (χ1) is 13.4. The monoisotopic (exact) mass is 418 g/mol. The number of ether oxygens (including phenoxy) is 2. The number of urea groups is 1. The number of carbonyl (C=O) groups is 2.